The van der Waals surface area contributed by atoms with E-state index in [2.05, 4.69) is 9.88 Å². The number of fused-ring (bicyclic) bond motifs is 1. The Morgan fingerprint density at radius 3 is 2.59 bits per heavy atom. The molecule has 3 nitrogen and oxygen atoms in total. The van der Waals surface area contributed by atoms with Crippen LogP contribution in [0.25, 0.3) is 10.2 Å². The van der Waals surface area contributed by atoms with E-state index in [1.54, 1.807) is 6.92 Å². The minimum atomic E-state index is -4.34. The Bertz CT molecular complexity index is 660. The number of thiazole rings is 1. The number of nitrogens with zero attached hydrogens (tertiary/aromatic N) is 2. The standard InChI is InChI=1S/C15H17F3N2OS/c1-9(21)10-4-6-20(7-5-10)14-19-12-8-11(15(16,17)18)2-3-13(12)22-14/h2-3,8-10,21H,4-7H2,1H3. The first kappa shape index (κ1) is 15.6. The van der Waals surface area contributed by atoms with E-state index < -0.39 is 11.7 Å². The third kappa shape index (κ3) is 3.05. The van der Waals surface area contributed by atoms with Crippen molar-refractivity contribution in [1.82, 2.24) is 4.98 Å². The van der Waals surface area contributed by atoms with Gasteiger partial charge in [-0.1, -0.05) is 11.3 Å². The van der Waals surface area contributed by atoms with Crippen molar-refractivity contribution in [3.05, 3.63) is 23.8 Å². The van der Waals surface area contributed by atoms with Gasteiger partial charge < -0.3 is 10.0 Å². The minimum Gasteiger partial charge on any atom is -0.393 e. The van der Waals surface area contributed by atoms with Crippen molar-refractivity contribution < 1.29 is 18.3 Å². The van der Waals surface area contributed by atoms with Crippen molar-refractivity contribution >= 4 is 26.7 Å². The molecule has 0 bridgehead atoms. The molecular formula is C15H17F3N2OS. The maximum absolute atomic E-state index is 12.7. The Kier molecular flexibility index (Phi) is 4.03. The van der Waals surface area contributed by atoms with Crippen LogP contribution in [-0.2, 0) is 6.18 Å². The highest BCUT2D eigenvalue weighted by molar-refractivity contribution is 7.22. The quantitative estimate of drug-likeness (QED) is 0.907. The van der Waals surface area contributed by atoms with E-state index in [1.807, 2.05) is 0 Å². The first-order valence-corrected chi connectivity index (χ1v) is 8.07. The second kappa shape index (κ2) is 5.70. The summed E-state index contributed by atoms with van der Waals surface area (Å²) in [6.45, 7) is 3.36. The molecule has 1 atom stereocenters. The molecule has 2 heterocycles. The number of aromatic nitrogens is 1. The zero-order valence-electron chi connectivity index (χ0n) is 12.1. The molecule has 0 aliphatic carbocycles. The van der Waals surface area contributed by atoms with Gasteiger partial charge in [0.15, 0.2) is 5.13 Å². The van der Waals surface area contributed by atoms with Crippen LogP contribution in [0.1, 0.15) is 25.3 Å². The number of aliphatic hydroxyl groups excluding tert-OH is 1. The van der Waals surface area contributed by atoms with Crippen LogP contribution in [0.2, 0.25) is 0 Å². The van der Waals surface area contributed by atoms with Crippen molar-refractivity contribution in [1.29, 1.82) is 0 Å². The molecule has 1 aromatic heterocycles. The second-order valence-corrected chi connectivity index (χ2v) is 6.75. The maximum atomic E-state index is 12.7. The molecule has 1 fully saturated rings. The summed E-state index contributed by atoms with van der Waals surface area (Å²) in [5.74, 6) is 0.294. The number of benzene rings is 1. The Hall–Kier alpha value is -1.34. The van der Waals surface area contributed by atoms with E-state index in [1.165, 1.54) is 17.4 Å². The average molecular weight is 330 g/mol. The van der Waals surface area contributed by atoms with Crippen LogP contribution in [0.5, 0.6) is 0 Å². The van der Waals surface area contributed by atoms with Crippen molar-refractivity contribution in [2.75, 3.05) is 18.0 Å². The van der Waals surface area contributed by atoms with E-state index in [-0.39, 0.29) is 6.10 Å². The minimum absolute atomic E-state index is 0.294. The molecule has 1 unspecified atom stereocenters. The lowest BCUT2D eigenvalue weighted by Gasteiger charge is -2.32. The lowest BCUT2D eigenvalue weighted by Crippen LogP contribution is -2.36. The molecule has 2 aromatic rings. The molecule has 1 N–H and O–H groups in total. The number of piperidine rings is 1. The molecule has 1 aliphatic heterocycles. The predicted molar refractivity (Wildman–Crippen MR) is 81.2 cm³/mol. The van der Waals surface area contributed by atoms with E-state index in [4.69, 9.17) is 0 Å². The largest absolute Gasteiger partial charge is 0.416 e. The topological polar surface area (TPSA) is 36.4 Å². The molecule has 1 aliphatic rings. The van der Waals surface area contributed by atoms with Gasteiger partial charge in [0.1, 0.15) is 0 Å². The van der Waals surface area contributed by atoms with Gasteiger partial charge in [0, 0.05) is 13.1 Å². The van der Waals surface area contributed by atoms with Gasteiger partial charge in [-0.05, 0) is 43.9 Å². The third-order valence-electron chi connectivity index (χ3n) is 4.20. The summed E-state index contributed by atoms with van der Waals surface area (Å²) in [6.07, 6.45) is -2.90. The summed E-state index contributed by atoms with van der Waals surface area (Å²) in [5, 5.41) is 10.4. The molecule has 0 spiro atoms. The molecule has 0 radical (unpaired) electrons. The van der Waals surface area contributed by atoms with E-state index in [9.17, 15) is 18.3 Å². The summed E-state index contributed by atoms with van der Waals surface area (Å²) >= 11 is 1.42. The third-order valence-corrected chi connectivity index (χ3v) is 5.29. The number of halogens is 3. The van der Waals surface area contributed by atoms with Gasteiger partial charge in [-0.2, -0.15) is 13.2 Å². The first-order valence-electron chi connectivity index (χ1n) is 7.25. The van der Waals surface area contributed by atoms with E-state index >= 15 is 0 Å². The molecule has 0 amide bonds. The van der Waals surface area contributed by atoms with Crippen LogP contribution >= 0.6 is 11.3 Å². The van der Waals surface area contributed by atoms with Gasteiger partial charge in [0.2, 0.25) is 0 Å². The zero-order valence-corrected chi connectivity index (χ0v) is 12.9. The average Bonchev–Trinajstić information content (AvgIpc) is 2.89. The van der Waals surface area contributed by atoms with Crippen LogP contribution < -0.4 is 4.90 Å². The number of anilines is 1. The Morgan fingerprint density at radius 2 is 2.00 bits per heavy atom. The first-order chi connectivity index (χ1) is 10.3. The van der Waals surface area contributed by atoms with Crippen LogP contribution in [0.15, 0.2) is 18.2 Å². The van der Waals surface area contributed by atoms with Gasteiger partial charge in [0.25, 0.3) is 0 Å². The zero-order chi connectivity index (χ0) is 15.9. The lowest BCUT2D eigenvalue weighted by molar-refractivity contribution is -0.137. The SMILES string of the molecule is CC(O)C1CCN(c2nc3cc(C(F)(F)F)ccc3s2)CC1. The van der Waals surface area contributed by atoms with Crippen LogP contribution in [0.4, 0.5) is 18.3 Å². The molecule has 0 saturated carbocycles. The summed E-state index contributed by atoms with van der Waals surface area (Å²) in [7, 11) is 0. The Balaban J connectivity index is 1.81. The Labute approximate surface area is 130 Å². The van der Waals surface area contributed by atoms with Gasteiger partial charge in [-0.3, -0.25) is 0 Å². The summed E-state index contributed by atoms with van der Waals surface area (Å²) in [4.78, 5) is 6.46. The van der Waals surface area contributed by atoms with Crippen LogP contribution in [0, 0.1) is 5.92 Å². The van der Waals surface area contributed by atoms with Crippen molar-refractivity contribution in [3.63, 3.8) is 0 Å². The van der Waals surface area contributed by atoms with Crippen LogP contribution in [-0.4, -0.2) is 29.3 Å². The van der Waals surface area contributed by atoms with Crippen molar-refractivity contribution in [2.24, 2.45) is 5.92 Å². The fraction of sp³-hybridized carbons (Fsp3) is 0.533. The smallest absolute Gasteiger partial charge is 0.393 e. The Morgan fingerprint density at radius 1 is 1.32 bits per heavy atom. The number of hydrogen-bond donors (Lipinski definition) is 1. The summed E-state index contributed by atoms with van der Waals surface area (Å²) < 4.78 is 39.0. The molecule has 120 valence electrons. The number of hydrogen-bond acceptors (Lipinski definition) is 4. The van der Waals surface area contributed by atoms with Crippen molar-refractivity contribution in [2.45, 2.75) is 32.0 Å². The number of rotatable bonds is 2. The maximum Gasteiger partial charge on any atom is 0.416 e. The monoisotopic (exact) mass is 330 g/mol. The number of aliphatic hydroxyl groups is 1. The fourth-order valence-corrected chi connectivity index (χ4v) is 3.80. The summed E-state index contributed by atoms with van der Waals surface area (Å²) in [6, 6.07) is 3.70. The highest BCUT2D eigenvalue weighted by Gasteiger charge is 2.31. The highest BCUT2D eigenvalue weighted by atomic mass is 32.1. The van der Waals surface area contributed by atoms with Gasteiger partial charge in [-0.15, -0.1) is 0 Å². The van der Waals surface area contributed by atoms with Gasteiger partial charge in [0.05, 0.1) is 21.9 Å². The molecule has 7 heteroatoms. The molecule has 22 heavy (non-hydrogen) atoms. The highest BCUT2D eigenvalue weighted by Crippen LogP contribution is 2.36. The second-order valence-electron chi connectivity index (χ2n) is 5.74. The lowest BCUT2D eigenvalue weighted by atomic mass is 9.92. The fourth-order valence-electron chi connectivity index (χ4n) is 2.80. The molecular weight excluding hydrogens is 313 g/mol. The number of alkyl halides is 3. The van der Waals surface area contributed by atoms with E-state index in [0.29, 0.717) is 11.4 Å². The molecule has 1 saturated heterocycles. The van der Waals surface area contributed by atoms with E-state index in [0.717, 1.165) is 47.9 Å². The van der Waals surface area contributed by atoms with Crippen molar-refractivity contribution in [3.8, 4) is 0 Å². The predicted octanol–water partition coefficient (Wildman–Crippen LogP) is 3.91. The molecule has 3 rings (SSSR count). The van der Waals surface area contributed by atoms with Crippen LogP contribution in [0.3, 0.4) is 0 Å². The molecule has 1 aromatic carbocycles. The normalized spacial score (nSPS) is 18.9. The van der Waals surface area contributed by atoms with Gasteiger partial charge in [-0.25, -0.2) is 4.98 Å². The van der Waals surface area contributed by atoms with Gasteiger partial charge >= 0.3 is 6.18 Å². The summed E-state index contributed by atoms with van der Waals surface area (Å²) in [5.41, 5.74) is -0.267.